The van der Waals surface area contributed by atoms with E-state index in [4.69, 9.17) is 16.3 Å². The Morgan fingerprint density at radius 1 is 1.54 bits per heavy atom. The molecule has 0 radical (unpaired) electrons. The molecule has 0 amide bonds. The standard InChI is InChI=1S/C11H13ClO/c1-3-6-11(13-2)9-7-4-5-8-10(9)12/h3-5,7-8,11H,1,6H2,2H3. The molecular weight excluding hydrogens is 184 g/mol. The van der Waals surface area contributed by atoms with Crippen LogP contribution in [0.1, 0.15) is 18.1 Å². The van der Waals surface area contributed by atoms with Gasteiger partial charge in [-0.15, -0.1) is 6.58 Å². The third-order valence-electron chi connectivity index (χ3n) is 1.92. The van der Waals surface area contributed by atoms with Crippen LogP contribution in [0.4, 0.5) is 0 Å². The predicted molar refractivity (Wildman–Crippen MR) is 56.0 cm³/mol. The summed E-state index contributed by atoms with van der Waals surface area (Å²) in [7, 11) is 1.68. The molecule has 0 fully saturated rings. The molecule has 0 aliphatic rings. The van der Waals surface area contributed by atoms with E-state index in [2.05, 4.69) is 6.58 Å². The minimum atomic E-state index is 0.0196. The highest BCUT2D eigenvalue weighted by Gasteiger charge is 2.10. The summed E-state index contributed by atoms with van der Waals surface area (Å²) < 4.78 is 5.30. The normalized spacial score (nSPS) is 12.5. The Hall–Kier alpha value is -0.790. The van der Waals surface area contributed by atoms with Gasteiger partial charge < -0.3 is 4.74 Å². The maximum Gasteiger partial charge on any atom is 0.0869 e. The van der Waals surface area contributed by atoms with Gasteiger partial charge in [0.15, 0.2) is 0 Å². The first-order chi connectivity index (χ1) is 6.29. The molecule has 0 saturated heterocycles. The van der Waals surface area contributed by atoms with Crippen molar-refractivity contribution in [1.82, 2.24) is 0 Å². The molecule has 0 N–H and O–H groups in total. The average molecular weight is 197 g/mol. The monoisotopic (exact) mass is 196 g/mol. The molecule has 0 bridgehead atoms. The van der Waals surface area contributed by atoms with Gasteiger partial charge in [-0.3, -0.25) is 0 Å². The van der Waals surface area contributed by atoms with E-state index in [0.717, 1.165) is 17.0 Å². The number of hydrogen-bond donors (Lipinski definition) is 0. The molecule has 0 heterocycles. The van der Waals surface area contributed by atoms with Crippen LogP contribution in [0.3, 0.4) is 0 Å². The summed E-state index contributed by atoms with van der Waals surface area (Å²) in [4.78, 5) is 0. The summed E-state index contributed by atoms with van der Waals surface area (Å²) in [6.07, 6.45) is 2.63. The van der Waals surface area contributed by atoms with Gasteiger partial charge in [-0.2, -0.15) is 0 Å². The van der Waals surface area contributed by atoms with Gasteiger partial charge in [0.2, 0.25) is 0 Å². The summed E-state index contributed by atoms with van der Waals surface area (Å²) >= 11 is 6.02. The zero-order valence-electron chi connectivity index (χ0n) is 7.66. The quantitative estimate of drug-likeness (QED) is 0.669. The summed E-state index contributed by atoms with van der Waals surface area (Å²) in [5.74, 6) is 0. The molecule has 2 heteroatoms. The molecule has 1 aromatic carbocycles. The minimum absolute atomic E-state index is 0.0196. The van der Waals surface area contributed by atoms with Gasteiger partial charge in [-0.05, 0) is 18.1 Å². The average Bonchev–Trinajstić information content (AvgIpc) is 2.16. The van der Waals surface area contributed by atoms with E-state index in [-0.39, 0.29) is 6.10 Å². The van der Waals surface area contributed by atoms with Gasteiger partial charge in [0.25, 0.3) is 0 Å². The highest BCUT2D eigenvalue weighted by molar-refractivity contribution is 6.31. The smallest absolute Gasteiger partial charge is 0.0869 e. The van der Waals surface area contributed by atoms with Crippen molar-refractivity contribution in [3.05, 3.63) is 47.5 Å². The summed E-state index contributed by atoms with van der Waals surface area (Å²) in [5, 5.41) is 0.746. The van der Waals surface area contributed by atoms with E-state index >= 15 is 0 Å². The summed E-state index contributed by atoms with van der Waals surface area (Å²) in [6.45, 7) is 3.68. The van der Waals surface area contributed by atoms with Gasteiger partial charge >= 0.3 is 0 Å². The number of methoxy groups -OCH3 is 1. The van der Waals surface area contributed by atoms with E-state index in [1.54, 1.807) is 7.11 Å². The Bertz CT molecular complexity index is 283. The first kappa shape index (κ1) is 10.3. The van der Waals surface area contributed by atoms with E-state index in [0.29, 0.717) is 0 Å². The molecule has 1 nitrogen and oxygen atoms in total. The van der Waals surface area contributed by atoms with Crippen LogP contribution in [-0.2, 0) is 4.74 Å². The van der Waals surface area contributed by atoms with Crippen LogP contribution in [0.15, 0.2) is 36.9 Å². The SMILES string of the molecule is C=CCC(OC)c1ccccc1Cl. The lowest BCUT2D eigenvalue weighted by Gasteiger charge is -2.14. The molecule has 1 unspecified atom stereocenters. The summed E-state index contributed by atoms with van der Waals surface area (Å²) in [6, 6.07) is 7.70. The largest absolute Gasteiger partial charge is 0.376 e. The Balaban J connectivity index is 2.90. The molecule has 0 saturated carbocycles. The molecule has 0 aliphatic carbocycles. The van der Waals surface area contributed by atoms with Crippen LogP contribution in [0.25, 0.3) is 0 Å². The second-order valence-corrected chi connectivity index (χ2v) is 3.18. The molecule has 1 atom stereocenters. The molecule has 1 aromatic rings. The Morgan fingerprint density at radius 2 is 2.23 bits per heavy atom. The lowest BCUT2D eigenvalue weighted by molar-refractivity contribution is 0.106. The minimum Gasteiger partial charge on any atom is -0.376 e. The van der Waals surface area contributed by atoms with E-state index < -0.39 is 0 Å². The van der Waals surface area contributed by atoms with Crippen molar-refractivity contribution in [3.63, 3.8) is 0 Å². The topological polar surface area (TPSA) is 9.23 Å². The lowest BCUT2D eigenvalue weighted by atomic mass is 10.1. The third-order valence-corrected chi connectivity index (χ3v) is 2.26. The Labute approximate surface area is 84.0 Å². The van der Waals surface area contributed by atoms with E-state index in [1.165, 1.54) is 0 Å². The van der Waals surface area contributed by atoms with Crippen LogP contribution in [-0.4, -0.2) is 7.11 Å². The second-order valence-electron chi connectivity index (χ2n) is 2.77. The van der Waals surface area contributed by atoms with Crippen LogP contribution in [0, 0.1) is 0 Å². The molecule has 13 heavy (non-hydrogen) atoms. The molecule has 1 rings (SSSR count). The number of halogens is 1. The van der Waals surface area contributed by atoms with E-state index in [9.17, 15) is 0 Å². The molecule has 0 spiro atoms. The Morgan fingerprint density at radius 3 is 2.77 bits per heavy atom. The van der Waals surface area contributed by atoms with Gasteiger partial charge in [0.1, 0.15) is 0 Å². The van der Waals surface area contributed by atoms with Crippen LogP contribution < -0.4 is 0 Å². The molecular formula is C11H13ClO. The second kappa shape index (κ2) is 5.05. The van der Waals surface area contributed by atoms with Crippen molar-refractivity contribution in [2.24, 2.45) is 0 Å². The zero-order chi connectivity index (χ0) is 9.68. The predicted octanol–water partition coefficient (Wildman–Crippen LogP) is 3.60. The molecule has 0 aliphatic heterocycles. The van der Waals surface area contributed by atoms with Gasteiger partial charge in [-0.25, -0.2) is 0 Å². The maximum atomic E-state index is 6.02. The highest BCUT2D eigenvalue weighted by atomic mass is 35.5. The first-order valence-electron chi connectivity index (χ1n) is 4.17. The fraction of sp³-hybridized carbons (Fsp3) is 0.273. The van der Waals surface area contributed by atoms with Crippen molar-refractivity contribution >= 4 is 11.6 Å². The fourth-order valence-electron chi connectivity index (χ4n) is 1.24. The fourth-order valence-corrected chi connectivity index (χ4v) is 1.50. The van der Waals surface area contributed by atoms with Gasteiger partial charge in [0.05, 0.1) is 6.10 Å². The van der Waals surface area contributed by atoms with Crippen molar-refractivity contribution in [3.8, 4) is 0 Å². The van der Waals surface area contributed by atoms with Crippen molar-refractivity contribution in [1.29, 1.82) is 0 Å². The number of hydrogen-bond acceptors (Lipinski definition) is 1. The highest BCUT2D eigenvalue weighted by Crippen LogP contribution is 2.27. The van der Waals surface area contributed by atoms with Crippen molar-refractivity contribution < 1.29 is 4.74 Å². The van der Waals surface area contributed by atoms with Crippen molar-refractivity contribution in [2.75, 3.05) is 7.11 Å². The molecule has 70 valence electrons. The first-order valence-corrected chi connectivity index (χ1v) is 4.55. The van der Waals surface area contributed by atoms with Gasteiger partial charge in [0, 0.05) is 12.1 Å². The van der Waals surface area contributed by atoms with Crippen molar-refractivity contribution in [2.45, 2.75) is 12.5 Å². The Kier molecular flexibility index (Phi) is 4.00. The number of benzene rings is 1. The lowest BCUT2D eigenvalue weighted by Crippen LogP contribution is -2.00. The van der Waals surface area contributed by atoms with Crippen LogP contribution in [0.5, 0.6) is 0 Å². The maximum absolute atomic E-state index is 6.02. The number of ether oxygens (including phenoxy) is 1. The van der Waals surface area contributed by atoms with Gasteiger partial charge in [-0.1, -0.05) is 35.9 Å². The van der Waals surface area contributed by atoms with Crippen LogP contribution in [0.2, 0.25) is 5.02 Å². The van der Waals surface area contributed by atoms with E-state index in [1.807, 2.05) is 30.3 Å². The summed E-state index contributed by atoms with van der Waals surface area (Å²) in [5.41, 5.74) is 1.02. The number of rotatable bonds is 4. The molecule has 0 aromatic heterocycles. The third kappa shape index (κ3) is 2.58. The van der Waals surface area contributed by atoms with Crippen LogP contribution >= 0.6 is 11.6 Å². The zero-order valence-corrected chi connectivity index (χ0v) is 8.42.